The molecule has 1 aliphatic carbocycles. The van der Waals surface area contributed by atoms with Gasteiger partial charge in [-0.3, -0.25) is 13.8 Å². The summed E-state index contributed by atoms with van der Waals surface area (Å²) in [6, 6.07) is 0. The fourth-order valence-corrected chi connectivity index (χ4v) is 7.62. The normalized spacial score (nSPS) is 21.1. The van der Waals surface area contributed by atoms with Gasteiger partial charge in [-0.05, 0) is 50.5 Å². The summed E-state index contributed by atoms with van der Waals surface area (Å²) in [4.78, 5) is 22.4. The third-order valence-electron chi connectivity index (χ3n) is 10.2. The topological polar surface area (TPSA) is 178 Å². The minimum atomic E-state index is -4.33. The molecule has 7 atom stereocenters. The van der Waals surface area contributed by atoms with E-state index >= 15 is 0 Å². The van der Waals surface area contributed by atoms with Gasteiger partial charge < -0.3 is 35.4 Å². The van der Waals surface area contributed by atoms with Crippen LogP contribution in [0.2, 0.25) is 0 Å². The molecule has 55 heavy (non-hydrogen) atoms. The number of ether oxygens (including phenoxy) is 2. The molecular formula is C43H80NO10P. The summed E-state index contributed by atoms with van der Waals surface area (Å²) in [6.07, 6.45) is 33.5. The highest BCUT2D eigenvalue weighted by atomic mass is 31.2. The van der Waals surface area contributed by atoms with Gasteiger partial charge in [0.2, 0.25) is 0 Å². The molecule has 1 saturated carbocycles. The highest BCUT2D eigenvalue weighted by molar-refractivity contribution is 7.47. The average molecular weight is 802 g/mol. The van der Waals surface area contributed by atoms with Crippen molar-refractivity contribution >= 4 is 13.8 Å². The van der Waals surface area contributed by atoms with E-state index in [1.807, 2.05) is 24.3 Å². The van der Waals surface area contributed by atoms with Gasteiger partial charge in [0.05, 0.1) is 37.8 Å². The Balaban J connectivity index is 2.37. The lowest BCUT2D eigenvalue weighted by Gasteiger charge is -2.19. The van der Waals surface area contributed by atoms with Crippen molar-refractivity contribution in [2.45, 2.75) is 192 Å². The number of carbonyl (C=O) groups excluding carboxylic acids is 1. The Morgan fingerprint density at radius 3 is 2.02 bits per heavy atom. The van der Waals surface area contributed by atoms with Gasteiger partial charge in [0.15, 0.2) is 6.10 Å². The van der Waals surface area contributed by atoms with Crippen LogP contribution in [-0.2, 0) is 27.9 Å². The van der Waals surface area contributed by atoms with Crippen LogP contribution in [0.4, 0.5) is 0 Å². The molecule has 6 N–H and O–H groups in total. The Hall–Kier alpha value is -1.56. The molecule has 12 heteroatoms. The van der Waals surface area contributed by atoms with E-state index in [9.17, 15) is 29.6 Å². The van der Waals surface area contributed by atoms with Gasteiger partial charge in [0, 0.05) is 25.3 Å². The minimum Gasteiger partial charge on any atom is -0.492 e. The van der Waals surface area contributed by atoms with Crippen LogP contribution in [-0.4, -0.2) is 77.0 Å². The number of unbranched alkanes of at least 4 members (excludes halogenated alkanes) is 17. The lowest BCUT2D eigenvalue weighted by Crippen LogP contribution is -2.25. The van der Waals surface area contributed by atoms with Gasteiger partial charge in [0.25, 0.3) is 0 Å². The zero-order valence-corrected chi connectivity index (χ0v) is 35.4. The highest BCUT2D eigenvalue weighted by Crippen LogP contribution is 2.43. The van der Waals surface area contributed by atoms with Crippen LogP contribution in [0, 0.1) is 11.8 Å². The Kier molecular flexibility index (Phi) is 32.3. The van der Waals surface area contributed by atoms with Gasteiger partial charge in [-0.2, -0.15) is 0 Å². The predicted octanol–water partition coefficient (Wildman–Crippen LogP) is 9.36. The SMILES string of the molecule is CCCCCCCCCCCCCCCC/C=C/O[C@H](COC(=O)CCC/C=C/C[C@@H]1[C@@H](/C=C/[C@@H](O)CCCCC)[C@H](O)C[C@@H]1O)COP(=O)(O)OCCN. The number of allylic oxidation sites excluding steroid dienone is 3. The number of nitrogens with two attached hydrogens (primary N) is 1. The van der Waals surface area contributed by atoms with Gasteiger partial charge in [-0.25, -0.2) is 4.57 Å². The quantitative estimate of drug-likeness (QED) is 0.0133. The molecule has 0 amide bonds. The fraction of sp³-hybridized carbons (Fsp3) is 0.837. The summed E-state index contributed by atoms with van der Waals surface area (Å²) in [7, 11) is -4.33. The van der Waals surface area contributed by atoms with Crippen LogP contribution in [0.3, 0.4) is 0 Å². The second kappa shape index (κ2) is 34.5. The van der Waals surface area contributed by atoms with Crippen molar-refractivity contribution in [2.24, 2.45) is 17.6 Å². The molecule has 0 bridgehead atoms. The Bertz CT molecular complexity index is 1060. The number of carbonyl (C=O) groups is 1. The first-order valence-corrected chi connectivity index (χ1v) is 23.3. The minimum absolute atomic E-state index is 0.0659. The van der Waals surface area contributed by atoms with E-state index in [1.165, 1.54) is 83.3 Å². The first kappa shape index (κ1) is 51.5. The number of hydrogen-bond acceptors (Lipinski definition) is 10. The van der Waals surface area contributed by atoms with E-state index < -0.39 is 38.2 Å². The molecule has 0 radical (unpaired) electrons. The van der Waals surface area contributed by atoms with Gasteiger partial charge in [-0.15, -0.1) is 0 Å². The van der Waals surface area contributed by atoms with Crippen molar-refractivity contribution < 1.29 is 48.1 Å². The van der Waals surface area contributed by atoms with Crippen molar-refractivity contribution in [3.8, 4) is 0 Å². The Morgan fingerprint density at radius 1 is 0.782 bits per heavy atom. The maximum atomic E-state index is 12.5. The third kappa shape index (κ3) is 28.5. The molecule has 0 aromatic carbocycles. The van der Waals surface area contributed by atoms with E-state index in [0.717, 1.165) is 38.5 Å². The molecule has 0 aromatic rings. The maximum Gasteiger partial charge on any atom is 0.472 e. The third-order valence-corrected chi connectivity index (χ3v) is 11.2. The van der Waals surface area contributed by atoms with Gasteiger partial charge >= 0.3 is 13.8 Å². The summed E-state index contributed by atoms with van der Waals surface area (Å²) in [5, 5.41) is 31.3. The molecule has 0 aromatic heterocycles. The van der Waals surface area contributed by atoms with Crippen LogP contribution in [0.25, 0.3) is 0 Å². The lowest BCUT2D eigenvalue weighted by atomic mass is 9.89. The Morgan fingerprint density at radius 2 is 1.38 bits per heavy atom. The molecule has 322 valence electrons. The summed E-state index contributed by atoms with van der Waals surface area (Å²) in [6.45, 7) is 3.84. The summed E-state index contributed by atoms with van der Waals surface area (Å²) >= 11 is 0. The summed E-state index contributed by atoms with van der Waals surface area (Å²) in [5.74, 6) is -0.782. The van der Waals surface area contributed by atoms with Crippen molar-refractivity contribution in [1.82, 2.24) is 0 Å². The molecule has 0 saturated heterocycles. The van der Waals surface area contributed by atoms with Crippen LogP contribution in [0.1, 0.15) is 168 Å². The first-order valence-electron chi connectivity index (χ1n) is 21.8. The van der Waals surface area contributed by atoms with Crippen molar-refractivity contribution in [3.05, 3.63) is 36.6 Å². The smallest absolute Gasteiger partial charge is 0.472 e. The second-order valence-corrected chi connectivity index (χ2v) is 16.7. The monoisotopic (exact) mass is 802 g/mol. The van der Waals surface area contributed by atoms with Crippen molar-refractivity contribution in [3.63, 3.8) is 0 Å². The van der Waals surface area contributed by atoms with E-state index in [0.29, 0.717) is 32.1 Å². The molecule has 1 rings (SSSR count). The number of hydrogen-bond donors (Lipinski definition) is 5. The predicted molar refractivity (Wildman–Crippen MR) is 221 cm³/mol. The highest BCUT2D eigenvalue weighted by Gasteiger charge is 2.39. The van der Waals surface area contributed by atoms with Crippen LogP contribution < -0.4 is 5.73 Å². The van der Waals surface area contributed by atoms with Gasteiger partial charge in [0.1, 0.15) is 6.61 Å². The average Bonchev–Trinajstić information content (AvgIpc) is 3.43. The molecule has 1 fully saturated rings. The molecule has 0 aliphatic heterocycles. The van der Waals surface area contributed by atoms with Crippen LogP contribution in [0.15, 0.2) is 36.6 Å². The number of rotatable bonds is 37. The summed E-state index contributed by atoms with van der Waals surface area (Å²) < 4.78 is 33.2. The largest absolute Gasteiger partial charge is 0.492 e. The zero-order chi connectivity index (χ0) is 40.4. The molecule has 1 unspecified atom stereocenters. The molecular weight excluding hydrogens is 721 g/mol. The van der Waals surface area contributed by atoms with E-state index in [1.54, 1.807) is 6.08 Å². The standard InChI is InChI=1S/C43H80NO10P/c1-3-5-7-8-9-10-11-12-13-14-15-16-17-18-21-25-32-51-38(36-54-55(49,50)53-33-31-44)35-52-43(48)28-24-20-19-23-27-39-40(42(47)34-41(39)46)30-29-37(45)26-22-6-4-2/h19,23,25,29-30,32,37-42,45-47H,3-18,20-22,24,26-28,31,33-36,44H2,1-2H3,(H,49,50)/b23-19+,30-29+,32-25+/t37-,38+,39+,40+,41-,42+/m0/s1. The van der Waals surface area contributed by atoms with Crippen LogP contribution >= 0.6 is 7.82 Å². The number of aliphatic hydroxyl groups is 3. The van der Waals surface area contributed by atoms with Crippen molar-refractivity contribution in [1.29, 1.82) is 0 Å². The summed E-state index contributed by atoms with van der Waals surface area (Å²) in [5.41, 5.74) is 5.36. The van der Waals surface area contributed by atoms with E-state index in [-0.39, 0.29) is 44.6 Å². The van der Waals surface area contributed by atoms with E-state index in [4.69, 9.17) is 24.3 Å². The molecule has 1 aliphatic rings. The fourth-order valence-electron chi connectivity index (χ4n) is 6.86. The lowest BCUT2D eigenvalue weighted by molar-refractivity contribution is -0.147. The van der Waals surface area contributed by atoms with E-state index in [2.05, 4.69) is 13.8 Å². The zero-order valence-electron chi connectivity index (χ0n) is 34.5. The van der Waals surface area contributed by atoms with Gasteiger partial charge in [-0.1, -0.05) is 141 Å². The first-order chi connectivity index (χ1) is 26.6. The number of esters is 1. The Labute approximate surface area is 334 Å². The number of phosphoric ester groups is 1. The van der Waals surface area contributed by atoms with Crippen LogP contribution in [0.5, 0.6) is 0 Å². The molecule has 11 nitrogen and oxygen atoms in total. The number of aliphatic hydroxyl groups excluding tert-OH is 3. The van der Waals surface area contributed by atoms with Crippen molar-refractivity contribution in [2.75, 3.05) is 26.4 Å². The number of phosphoric acid groups is 1. The second-order valence-electron chi connectivity index (χ2n) is 15.2. The maximum absolute atomic E-state index is 12.5. The molecule has 0 spiro atoms. The molecule has 0 heterocycles.